The topological polar surface area (TPSA) is 77.2 Å². The third-order valence-electron chi connectivity index (χ3n) is 3.30. The summed E-state index contributed by atoms with van der Waals surface area (Å²) in [5, 5.41) is 2.77. The number of pyridine rings is 1. The van der Waals surface area contributed by atoms with E-state index in [-0.39, 0.29) is 11.8 Å². The maximum atomic E-state index is 12.0. The van der Waals surface area contributed by atoms with E-state index in [0.717, 1.165) is 17.7 Å². The molecule has 1 aromatic rings. The minimum atomic E-state index is -0.495. The van der Waals surface area contributed by atoms with Crippen LogP contribution in [0.5, 0.6) is 0 Å². The van der Waals surface area contributed by atoms with Gasteiger partial charge in [0.25, 0.3) is 0 Å². The van der Waals surface area contributed by atoms with Crippen LogP contribution in [0.1, 0.15) is 12.8 Å². The van der Waals surface area contributed by atoms with Gasteiger partial charge in [0, 0.05) is 24.3 Å². The molecule has 2 rings (SSSR count). The summed E-state index contributed by atoms with van der Waals surface area (Å²) in [7, 11) is 0. The van der Waals surface area contributed by atoms with Crippen LogP contribution in [-0.4, -0.2) is 36.4 Å². The fourth-order valence-electron chi connectivity index (χ4n) is 2.07. The number of ether oxygens (including phenoxy) is 1. The van der Waals surface area contributed by atoms with Crippen LogP contribution in [0, 0.1) is 5.92 Å². The average Bonchev–Trinajstić information content (AvgIpc) is 2.48. The van der Waals surface area contributed by atoms with E-state index in [9.17, 15) is 4.79 Å². The normalized spacial score (nSPS) is 18.0. The van der Waals surface area contributed by atoms with Gasteiger partial charge in [-0.05, 0) is 37.1 Å². The van der Waals surface area contributed by atoms with Gasteiger partial charge in [-0.1, -0.05) is 0 Å². The van der Waals surface area contributed by atoms with Crippen molar-refractivity contribution in [2.24, 2.45) is 11.7 Å². The lowest BCUT2D eigenvalue weighted by Crippen LogP contribution is -2.44. The highest BCUT2D eigenvalue weighted by Gasteiger charge is 2.26. The van der Waals surface area contributed by atoms with Gasteiger partial charge in [-0.3, -0.25) is 4.79 Å². The number of carbonyl (C=O) groups excluding carboxylic acids is 1. The quantitative estimate of drug-likeness (QED) is 0.818. The van der Waals surface area contributed by atoms with Crippen molar-refractivity contribution in [3.63, 3.8) is 0 Å². The number of amides is 1. The number of hydrogen-bond acceptors (Lipinski definition) is 5. The first-order valence-corrected chi connectivity index (χ1v) is 7.57. The number of nitrogens with two attached hydrogens (primary N) is 1. The molecule has 1 saturated heterocycles. The van der Waals surface area contributed by atoms with E-state index in [2.05, 4.69) is 10.3 Å². The second kappa shape index (κ2) is 6.88. The molecule has 0 saturated carbocycles. The minimum absolute atomic E-state index is 0.170. The van der Waals surface area contributed by atoms with Gasteiger partial charge in [-0.25, -0.2) is 4.98 Å². The maximum Gasteiger partial charge on any atom is 0.242 e. The third kappa shape index (κ3) is 3.92. The molecular weight excluding hydrogens is 262 g/mol. The van der Waals surface area contributed by atoms with Crippen molar-refractivity contribution in [3.8, 4) is 0 Å². The van der Waals surface area contributed by atoms with E-state index in [1.165, 1.54) is 0 Å². The summed E-state index contributed by atoms with van der Waals surface area (Å²) in [6.07, 6.45) is 5.40. The lowest BCUT2D eigenvalue weighted by molar-refractivity contribution is -0.119. The maximum absolute atomic E-state index is 12.0. The first-order chi connectivity index (χ1) is 9.20. The molecule has 1 fully saturated rings. The van der Waals surface area contributed by atoms with Crippen molar-refractivity contribution in [1.29, 1.82) is 0 Å². The molecule has 1 amide bonds. The lowest BCUT2D eigenvalue weighted by atomic mass is 9.92. The zero-order valence-corrected chi connectivity index (χ0v) is 11.8. The van der Waals surface area contributed by atoms with Crippen LogP contribution < -0.4 is 11.1 Å². The molecule has 2 heterocycles. The lowest BCUT2D eigenvalue weighted by Gasteiger charge is -2.26. The second-order valence-electron chi connectivity index (χ2n) is 4.55. The minimum Gasteiger partial charge on any atom is -0.381 e. The monoisotopic (exact) mass is 281 g/mol. The van der Waals surface area contributed by atoms with Crippen LogP contribution in [0.25, 0.3) is 0 Å². The van der Waals surface area contributed by atoms with E-state index >= 15 is 0 Å². The first kappa shape index (κ1) is 14.3. The van der Waals surface area contributed by atoms with Crippen LogP contribution in [0.4, 0.5) is 5.82 Å². The molecule has 0 aromatic carbocycles. The molecule has 104 valence electrons. The van der Waals surface area contributed by atoms with Gasteiger partial charge < -0.3 is 15.8 Å². The summed E-state index contributed by atoms with van der Waals surface area (Å²) in [5.41, 5.74) is 6.00. The molecule has 1 aliphatic heterocycles. The van der Waals surface area contributed by atoms with Crippen LogP contribution in [-0.2, 0) is 9.53 Å². The smallest absolute Gasteiger partial charge is 0.242 e. The molecule has 0 bridgehead atoms. The van der Waals surface area contributed by atoms with Crippen molar-refractivity contribution in [3.05, 3.63) is 18.3 Å². The Hall–Kier alpha value is -1.11. The summed E-state index contributed by atoms with van der Waals surface area (Å²) in [5.74, 6) is 0.570. The summed E-state index contributed by atoms with van der Waals surface area (Å²) in [4.78, 5) is 17.3. The standard InChI is InChI=1S/C13H19N3O2S/c1-19-10-2-3-11(15-8-10)16-13(17)12(14)9-4-6-18-7-5-9/h2-3,8-9,12H,4-7,14H2,1H3,(H,15,16,17). The molecule has 1 aliphatic rings. The van der Waals surface area contributed by atoms with Gasteiger partial charge >= 0.3 is 0 Å². The summed E-state index contributed by atoms with van der Waals surface area (Å²) in [6.45, 7) is 1.37. The Labute approximate surface area is 117 Å². The fraction of sp³-hybridized carbons (Fsp3) is 0.538. The number of hydrogen-bond donors (Lipinski definition) is 2. The Morgan fingerprint density at radius 2 is 2.26 bits per heavy atom. The number of aromatic nitrogens is 1. The fourth-order valence-corrected chi connectivity index (χ4v) is 2.44. The number of nitrogens with zero attached hydrogens (tertiary/aromatic N) is 1. The van der Waals surface area contributed by atoms with E-state index in [4.69, 9.17) is 10.5 Å². The van der Waals surface area contributed by atoms with Gasteiger partial charge in [-0.2, -0.15) is 0 Å². The van der Waals surface area contributed by atoms with Gasteiger partial charge in [0.05, 0.1) is 6.04 Å². The molecule has 5 nitrogen and oxygen atoms in total. The van der Waals surface area contributed by atoms with Crippen molar-refractivity contribution < 1.29 is 9.53 Å². The van der Waals surface area contributed by atoms with Crippen molar-refractivity contribution >= 4 is 23.5 Å². The number of rotatable bonds is 4. The molecular formula is C13H19N3O2S. The molecule has 0 spiro atoms. The van der Waals surface area contributed by atoms with E-state index in [1.807, 2.05) is 12.3 Å². The van der Waals surface area contributed by atoms with Crippen LogP contribution >= 0.6 is 11.8 Å². The molecule has 19 heavy (non-hydrogen) atoms. The van der Waals surface area contributed by atoms with Gasteiger partial charge in [0.15, 0.2) is 0 Å². The zero-order chi connectivity index (χ0) is 13.7. The van der Waals surface area contributed by atoms with Crippen LogP contribution in [0.3, 0.4) is 0 Å². The predicted molar refractivity (Wildman–Crippen MR) is 76.2 cm³/mol. The van der Waals surface area contributed by atoms with Gasteiger partial charge in [-0.15, -0.1) is 11.8 Å². The van der Waals surface area contributed by atoms with Gasteiger partial charge in [0.1, 0.15) is 5.82 Å². The van der Waals surface area contributed by atoms with E-state index in [0.29, 0.717) is 19.0 Å². The highest BCUT2D eigenvalue weighted by atomic mass is 32.2. The van der Waals surface area contributed by atoms with Crippen molar-refractivity contribution in [1.82, 2.24) is 4.98 Å². The molecule has 3 N–H and O–H groups in total. The van der Waals surface area contributed by atoms with Crippen LogP contribution in [0.15, 0.2) is 23.2 Å². The molecule has 1 aromatic heterocycles. The summed E-state index contributed by atoms with van der Waals surface area (Å²) < 4.78 is 5.27. The van der Waals surface area contributed by atoms with Crippen molar-refractivity contribution in [2.75, 3.05) is 24.8 Å². The van der Waals surface area contributed by atoms with Gasteiger partial charge in [0.2, 0.25) is 5.91 Å². The van der Waals surface area contributed by atoms with E-state index in [1.54, 1.807) is 24.0 Å². The predicted octanol–water partition coefficient (Wildman–Crippen LogP) is 1.50. The Morgan fingerprint density at radius 1 is 1.53 bits per heavy atom. The molecule has 0 aliphatic carbocycles. The highest BCUT2D eigenvalue weighted by Crippen LogP contribution is 2.19. The van der Waals surface area contributed by atoms with Crippen molar-refractivity contribution in [2.45, 2.75) is 23.8 Å². The summed E-state index contributed by atoms with van der Waals surface area (Å²) >= 11 is 1.61. The number of thioether (sulfide) groups is 1. The molecule has 1 unspecified atom stereocenters. The molecule has 1 atom stereocenters. The first-order valence-electron chi connectivity index (χ1n) is 6.35. The highest BCUT2D eigenvalue weighted by molar-refractivity contribution is 7.98. The summed E-state index contributed by atoms with van der Waals surface area (Å²) in [6, 6.07) is 3.22. The second-order valence-corrected chi connectivity index (χ2v) is 5.43. The number of nitrogens with one attached hydrogen (secondary N) is 1. The number of anilines is 1. The van der Waals surface area contributed by atoms with Crippen LogP contribution in [0.2, 0.25) is 0 Å². The Kier molecular flexibility index (Phi) is 5.18. The Balaban J connectivity index is 1.91. The third-order valence-corrected chi connectivity index (χ3v) is 4.01. The number of carbonyl (C=O) groups is 1. The molecule has 0 radical (unpaired) electrons. The average molecular weight is 281 g/mol. The Morgan fingerprint density at radius 3 is 2.84 bits per heavy atom. The molecule has 6 heteroatoms. The SMILES string of the molecule is CSc1ccc(NC(=O)C(N)C2CCOCC2)nc1. The Bertz CT molecular complexity index is 418. The van der Waals surface area contributed by atoms with E-state index < -0.39 is 6.04 Å². The largest absolute Gasteiger partial charge is 0.381 e. The zero-order valence-electron chi connectivity index (χ0n) is 11.0.